The second-order valence-electron chi connectivity index (χ2n) is 15.0. The van der Waals surface area contributed by atoms with Crippen LogP contribution in [0.2, 0.25) is 0 Å². The molecule has 0 saturated heterocycles. The highest BCUT2D eigenvalue weighted by Crippen LogP contribution is 2.43. The number of Topliss-reactive ketones (excluding diaryl/α,β-unsaturated/α-hetero) is 1. The van der Waals surface area contributed by atoms with Crippen LogP contribution in [-0.4, -0.2) is 77.5 Å². The van der Waals surface area contributed by atoms with Crippen molar-refractivity contribution in [3.63, 3.8) is 0 Å². The summed E-state index contributed by atoms with van der Waals surface area (Å²) in [5.74, 6) is -1.80. The molecule has 1 aliphatic rings. The maximum absolute atomic E-state index is 12.6. The molecule has 1 unspecified atom stereocenters. The first-order valence-electron chi connectivity index (χ1n) is 22.2. The Morgan fingerprint density at radius 3 is 2.05 bits per heavy atom. The second-order valence-corrected chi connectivity index (χ2v) is 16.4. The first-order valence-corrected chi connectivity index (χ1v) is 23.7. The smallest absolute Gasteiger partial charge is 0.462 e. The minimum absolute atomic E-state index is 0.00413. The number of carbonyl (C=O) groups excluding carboxylic acids is 3. The van der Waals surface area contributed by atoms with E-state index in [-0.39, 0.29) is 56.6 Å². The van der Waals surface area contributed by atoms with Crippen LogP contribution in [0.3, 0.4) is 0 Å². The molecule has 0 radical (unpaired) electrons. The van der Waals surface area contributed by atoms with Gasteiger partial charge >= 0.3 is 19.8 Å². The van der Waals surface area contributed by atoms with Crippen molar-refractivity contribution in [2.45, 2.75) is 154 Å². The van der Waals surface area contributed by atoms with Crippen LogP contribution < -0.4 is 5.73 Å². The minimum Gasteiger partial charge on any atom is -0.462 e. The van der Waals surface area contributed by atoms with Gasteiger partial charge in [-0.2, -0.15) is 0 Å². The molecule has 340 valence electrons. The molecule has 1 saturated carbocycles. The fraction of sp³-hybridized carbons (Fsp3) is 0.638. The van der Waals surface area contributed by atoms with Gasteiger partial charge in [0.25, 0.3) is 0 Å². The molecule has 12 nitrogen and oxygen atoms in total. The fourth-order valence-electron chi connectivity index (χ4n) is 6.29. The summed E-state index contributed by atoms with van der Waals surface area (Å²) in [6.07, 6.45) is 39.8. The predicted octanol–water partition coefficient (Wildman–Crippen LogP) is 9.42. The number of hydrogen-bond acceptors (Lipinski definition) is 11. The van der Waals surface area contributed by atoms with Crippen molar-refractivity contribution in [2.24, 2.45) is 17.6 Å². The number of phosphoric acid groups is 1. The van der Waals surface area contributed by atoms with Gasteiger partial charge in [0.2, 0.25) is 0 Å². The number of carbonyl (C=O) groups is 3. The lowest BCUT2D eigenvalue weighted by atomic mass is 9.90. The molecule has 0 heterocycles. The van der Waals surface area contributed by atoms with Gasteiger partial charge in [0, 0.05) is 37.6 Å². The lowest BCUT2D eigenvalue weighted by Gasteiger charge is -2.19. The van der Waals surface area contributed by atoms with E-state index in [0.717, 1.165) is 70.6 Å². The summed E-state index contributed by atoms with van der Waals surface area (Å²) in [4.78, 5) is 47.6. The van der Waals surface area contributed by atoms with E-state index in [2.05, 4.69) is 74.6 Å². The number of nitrogens with two attached hydrogens (primary N) is 1. The molecule has 1 fully saturated rings. The largest absolute Gasteiger partial charge is 0.472 e. The summed E-state index contributed by atoms with van der Waals surface area (Å²) < 4.78 is 32.7. The van der Waals surface area contributed by atoms with E-state index in [4.69, 9.17) is 24.3 Å². The zero-order valence-electron chi connectivity index (χ0n) is 36.4. The number of aliphatic hydroxyl groups is 2. The van der Waals surface area contributed by atoms with Crippen LogP contribution >= 0.6 is 7.82 Å². The van der Waals surface area contributed by atoms with Crippen molar-refractivity contribution in [3.05, 3.63) is 85.1 Å². The van der Waals surface area contributed by atoms with Crippen molar-refractivity contribution in [3.8, 4) is 0 Å². The van der Waals surface area contributed by atoms with E-state index in [9.17, 15) is 34.1 Å². The summed E-state index contributed by atoms with van der Waals surface area (Å²) in [6.45, 7) is 3.14. The topological polar surface area (TPSA) is 192 Å². The van der Waals surface area contributed by atoms with E-state index in [1.165, 1.54) is 0 Å². The number of esters is 2. The Labute approximate surface area is 360 Å². The van der Waals surface area contributed by atoms with Gasteiger partial charge in [0.05, 0.1) is 25.4 Å². The molecule has 60 heavy (non-hydrogen) atoms. The molecule has 0 bridgehead atoms. The monoisotopic (exact) mass is 862 g/mol. The lowest BCUT2D eigenvalue weighted by molar-refractivity contribution is -0.161. The normalized spacial score (nSPS) is 19.6. The number of phosphoric ester groups is 1. The van der Waals surface area contributed by atoms with Crippen molar-refractivity contribution < 1.29 is 52.6 Å². The summed E-state index contributed by atoms with van der Waals surface area (Å²) in [5, 5.41) is 20.7. The van der Waals surface area contributed by atoms with Crippen LogP contribution in [0.15, 0.2) is 85.1 Å². The van der Waals surface area contributed by atoms with E-state index < -0.39 is 44.7 Å². The van der Waals surface area contributed by atoms with Crippen LogP contribution in [0.25, 0.3) is 0 Å². The van der Waals surface area contributed by atoms with Crippen molar-refractivity contribution >= 4 is 25.5 Å². The third-order valence-electron chi connectivity index (χ3n) is 9.63. The van der Waals surface area contributed by atoms with Gasteiger partial charge in [-0.05, 0) is 77.0 Å². The van der Waals surface area contributed by atoms with Crippen molar-refractivity contribution in [1.29, 1.82) is 0 Å². The third-order valence-corrected chi connectivity index (χ3v) is 10.6. The van der Waals surface area contributed by atoms with Crippen molar-refractivity contribution in [1.82, 2.24) is 0 Å². The second kappa shape index (κ2) is 36.4. The molecule has 0 amide bonds. The molecule has 1 aliphatic carbocycles. The van der Waals surface area contributed by atoms with Crippen LogP contribution in [-0.2, 0) is 37.5 Å². The number of ether oxygens (including phenoxy) is 2. The van der Waals surface area contributed by atoms with Crippen LogP contribution in [0.5, 0.6) is 0 Å². The van der Waals surface area contributed by atoms with Crippen LogP contribution in [0.1, 0.15) is 136 Å². The van der Waals surface area contributed by atoms with E-state index >= 15 is 0 Å². The molecular weight excluding hydrogens is 785 g/mol. The van der Waals surface area contributed by atoms with E-state index in [1.807, 2.05) is 12.2 Å². The zero-order valence-corrected chi connectivity index (χ0v) is 37.3. The average molecular weight is 862 g/mol. The van der Waals surface area contributed by atoms with Gasteiger partial charge in [-0.25, -0.2) is 4.57 Å². The average Bonchev–Trinajstić information content (AvgIpc) is 3.49. The molecule has 5 N–H and O–H groups in total. The Morgan fingerprint density at radius 1 is 0.783 bits per heavy atom. The van der Waals surface area contributed by atoms with Crippen molar-refractivity contribution in [2.75, 3.05) is 26.4 Å². The summed E-state index contributed by atoms with van der Waals surface area (Å²) >= 11 is 0. The molecule has 0 spiro atoms. The summed E-state index contributed by atoms with van der Waals surface area (Å²) in [6, 6.07) is 0. The Bertz CT molecular complexity index is 1420. The number of rotatable bonds is 36. The quantitative estimate of drug-likeness (QED) is 0.0202. The first-order chi connectivity index (χ1) is 29.0. The van der Waals surface area contributed by atoms with Crippen LogP contribution in [0.4, 0.5) is 0 Å². The van der Waals surface area contributed by atoms with E-state index in [0.29, 0.717) is 32.1 Å². The molecule has 1 rings (SSSR count). The standard InChI is InChI=1S/C47H76NO11P/c1-3-5-7-8-9-10-11-12-13-14-15-16-17-18-19-20-21-22-28-32-47(53)59-41(39-58-60(54,55)57-36-35-48)38-56-46(52)31-27-24-23-26-30-42-43(45(51)37-44(42)50)34-33-40(49)29-25-6-4-2/h5,7,9-10,12-13,15-16,18-19,23,26,33-34,40-43,45,49,51H,3-4,6,8,11,14,17,20-22,24-25,27-32,35-39,48H2,1-2H3,(H,54,55)/b7-5-,10-9-,13-12-,16-15-,19-18-,26-23-,34-33+/t40-,41+,42+,43+,45+/m0/s1. The molecule has 0 aromatic carbocycles. The molecular formula is C47H76NO11P. The van der Waals surface area contributed by atoms with E-state index in [1.54, 1.807) is 12.2 Å². The predicted molar refractivity (Wildman–Crippen MR) is 239 cm³/mol. The summed E-state index contributed by atoms with van der Waals surface area (Å²) in [7, 11) is -4.46. The number of aliphatic hydroxyl groups excluding tert-OH is 2. The minimum atomic E-state index is -4.46. The highest BCUT2D eigenvalue weighted by Gasteiger charge is 2.39. The maximum Gasteiger partial charge on any atom is 0.472 e. The van der Waals surface area contributed by atoms with Gasteiger partial charge < -0.3 is 30.3 Å². The van der Waals surface area contributed by atoms with Crippen LogP contribution in [0, 0.1) is 11.8 Å². The highest BCUT2D eigenvalue weighted by molar-refractivity contribution is 7.47. The first kappa shape index (κ1) is 54.8. The molecule has 0 aromatic rings. The molecule has 6 atom stereocenters. The molecule has 13 heteroatoms. The fourth-order valence-corrected chi connectivity index (χ4v) is 7.05. The molecule has 0 aromatic heterocycles. The van der Waals surface area contributed by atoms with Gasteiger partial charge in [0.15, 0.2) is 6.10 Å². The third kappa shape index (κ3) is 29.9. The van der Waals surface area contributed by atoms with Gasteiger partial charge in [-0.3, -0.25) is 23.4 Å². The SMILES string of the molecule is CC/C=C\C/C=C\C/C=C\C/C=C\C/C=C\CCCCCC(=O)O[C@H](COC(=O)CCC/C=C\C[C@H]1C(=O)C[C@@H](O)[C@@H]1/C=C/[C@@H](O)CCCCC)COP(=O)(O)OCCN. The Hall–Kier alpha value is -3.22. The number of ketones is 1. The van der Waals surface area contributed by atoms with Gasteiger partial charge in [-0.15, -0.1) is 0 Å². The lowest BCUT2D eigenvalue weighted by Crippen LogP contribution is -2.29. The molecule has 0 aliphatic heterocycles. The number of hydrogen-bond donors (Lipinski definition) is 4. The Balaban J connectivity index is 2.42. The van der Waals surface area contributed by atoms with Gasteiger partial charge in [-0.1, -0.05) is 125 Å². The highest BCUT2D eigenvalue weighted by atomic mass is 31.2. The zero-order chi connectivity index (χ0) is 44.1. The van der Waals surface area contributed by atoms with Gasteiger partial charge in [0.1, 0.15) is 12.4 Å². The number of unbranched alkanes of at least 4 members (excludes halogenated alkanes) is 6. The maximum atomic E-state index is 12.6. The Kier molecular flexibility index (Phi) is 33.3. The summed E-state index contributed by atoms with van der Waals surface area (Å²) in [5.41, 5.74) is 5.34. The Morgan fingerprint density at radius 2 is 1.40 bits per heavy atom. The number of allylic oxidation sites excluding steroid dienone is 12.